The van der Waals surface area contributed by atoms with E-state index in [4.69, 9.17) is 14.2 Å². The molecular formula is C14H26O4. The van der Waals surface area contributed by atoms with Crippen molar-refractivity contribution < 1.29 is 19.0 Å². The molecule has 0 N–H and O–H groups in total. The van der Waals surface area contributed by atoms with Gasteiger partial charge in [0.15, 0.2) is 0 Å². The van der Waals surface area contributed by atoms with E-state index in [-0.39, 0.29) is 18.2 Å². The molecular weight excluding hydrogens is 232 g/mol. The van der Waals surface area contributed by atoms with Crippen LogP contribution in [0.2, 0.25) is 0 Å². The zero-order valence-corrected chi connectivity index (χ0v) is 11.7. The number of carbonyl (C=O) groups is 1. The average molecular weight is 258 g/mol. The molecule has 4 heteroatoms. The maximum absolute atomic E-state index is 11.4. The van der Waals surface area contributed by atoms with Crippen molar-refractivity contribution in [3.05, 3.63) is 0 Å². The van der Waals surface area contributed by atoms with Crippen molar-refractivity contribution in [3.8, 4) is 0 Å². The normalized spacial score (nSPS) is 24.0. The van der Waals surface area contributed by atoms with Crippen molar-refractivity contribution in [2.24, 2.45) is 0 Å². The molecule has 0 saturated carbocycles. The Bertz CT molecular complexity index is 230. The second-order valence-electron chi connectivity index (χ2n) is 4.83. The van der Waals surface area contributed by atoms with Crippen LogP contribution in [-0.4, -0.2) is 38.0 Å². The van der Waals surface area contributed by atoms with Gasteiger partial charge in [-0.15, -0.1) is 0 Å². The quantitative estimate of drug-likeness (QED) is 0.471. The number of esters is 1. The Kier molecular flexibility index (Phi) is 8.01. The van der Waals surface area contributed by atoms with Gasteiger partial charge in [0.25, 0.3) is 0 Å². The van der Waals surface area contributed by atoms with Gasteiger partial charge < -0.3 is 14.2 Å². The summed E-state index contributed by atoms with van der Waals surface area (Å²) in [7, 11) is 0. The summed E-state index contributed by atoms with van der Waals surface area (Å²) in [4.78, 5) is 11.4. The summed E-state index contributed by atoms with van der Waals surface area (Å²) in [5.41, 5.74) is 0. The molecule has 0 aromatic carbocycles. The molecule has 4 nitrogen and oxygen atoms in total. The van der Waals surface area contributed by atoms with Gasteiger partial charge in [0.1, 0.15) is 6.10 Å². The Balaban J connectivity index is 2.20. The topological polar surface area (TPSA) is 44.8 Å². The van der Waals surface area contributed by atoms with E-state index in [9.17, 15) is 4.79 Å². The first-order chi connectivity index (χ1) is 8.76. The van der Waals surface area contributed by atoms with E-state index < -0.39 is 0 Å². The number of carbonyl (C=O) groups excluding carboxylic acids is 1. The molecule has 1 aliphatic rings. The largest absolute Gasteiger partial charge is 0.460 e. The van der Waals surface area contributed by atoms with Crippen molar-refractivity contribution in [3.63, 3.8) is 0 Å². The summed E-state index contributed by atoms with van der Waals surface area (Å²) in [5.74, 6) is -0.160. The van der Waals surface area contributed by atoms with Crippen LogP contribution in [0.25, 0.3) is 0 Å². The molecule has 1 rings (SSSR count). The zero-order valence-electron chi connectivity index (χ0n) is 11.7. The fraction of sp³-hybridized carbons (Fsp3) is 0.929. The van der Waals surface area contributed by atoms with Gasteiger partial charge in [0.05, 0.1) is 19.1 Å². The minimum Gasteiger partial charge on any atom is -0.460 e. The van der Waals surface area contributed by atoms with Gasteiger partial charge in [-0.3, -0.25) is 4.79 Å². The maximum atomic E-state index is 11.4. The predicted octanol–water partition coefficient (Wildman–Crippen LogP) is 2.69. The SMILES string of the molecule is CCCCOC[C@@H]1C[C@H](OCCCC)CC(=O)O1. The first-order valence-electron chi connectivity index (χ1n) is 7.15. The molecule has 2 atom stereocenters. The molecule has 0 aromatic rings. The number of ether oxygens (including phenoxy) is 3. The highest BCUT2D eigenvalue weighted by atomic mass is 16.6. The van der Waals surface area contributed by atoms with E-state index in [1.54, 1.807) is 0 Å². The van der Waals surface area contributed by atoms with Crippen LogP contribution < -0.4 is 0 Å². The summed E-state index contributed by atoms with van der Waals surface area (Å²) >= 11 is 0. The minimum atomic E-state index is -0.160. The second-order valence-corrected chi connectivity index (χ2v) is 4.83. The molecule has 0 unspecified atom stereocenters. The second kappa shape index (κ2) is 9.34. The van der Waals surface area contributed by atoms with Crippen molar-refractivity contribution in [1.29, 1.82) is 0 Å². The Morgan fingerprint density at radius 1 is 1.22 bits per heavy atom. The van der Waals surface area contributed by atoms with Crippen molar-refractivity contribution in [2.75, 3.05) is 19.8 Å². The maximum Gasteiger partial charge on any atom is 0.308 e. The molecule has 0 aliphatic carbocycles. The van der Waals surface area contributed by atoms with Crippen LogP contribution in [-0.2, 0) is 19.0 Å². The number of cyclic esters (lactones) is 1. The molecule has 1 heterocycles. The monoisotopic (exact) mass is 258 g/mol. The van der Waals surface area contributed by atoms with E-state index in [1.807, 2.05) is 0 Å². The predicted molar refractivity (Wildman–Crippen MR) is 69.5 cm³/mol. The lowest BCUT2D eigenvalue weighted by atomic mass is 10.1. The first-order valence-corrected chi connectivity index (χ1v) is 7.15. The van der Waals surface area contributed by atoms with Gasteiger partial charge in [-0.25, -0.2) is 0 Å². The van der Waals surface area contributed by atoms with E-state index >= 15 is 0 Å². The third kappa shape index (κ3) is 6.36. The zero-order chi connectivity index (χ0) is 13.2. The smallest absolute Gasteiger partial charge is 0.308 e. The van der Waals surface area contributed by atoms with Crippen molar-refractivity contribution >= 4 is 5.97 Å². The van der Waals surface area contributed by atoms with Crippen LogP contribution in [0.1, 0.15) is 52.4 Å². The van der Waals surface area contributed by atoms with E-state index in [0.29, 0.717) is 13.0 Å². The van der Waals surface area contributed by atoms with Crippen LogP contribution >= 0.6 is 0 Å². The van der Waals surface area contributed by atoms with Gasteiger partial charge in [-0.1, -0.05) is 26.7 Å². The highest BCUT2D eigenvalue weighted by Gasteiger charge is 2.29. The minimum absolute atomic E-state index is 0.0116. The van der Waals surface area contributed by atoms with E-state index in [0.717, 1.165) is 45.3 Å². The summed E-state index contributed by atoms with van der Waals surface area (Å²) in [6, 6.07) is 0. The van der Waals surface area contributed by atoms with Crippen LogP contribution in [0.3, 0.4) is 0 Å². The summed E-state index contributed by atoms with van der Waals surface area (Å²) in [6.45, 7) is 6.23. The molecule has 0 aromatic heterocycles. The summed E-state index contributed by atoms with van der Waals surface area (Å²) < 4.78 is 16.5. The molecule has 0 amide bonds. The fourth-order valence-electron chi connectivity index (χ4n) is 1.93. The standard InChI is InChI=1S/C14H26O4/c1-3-5-7-16-11-13-9-12(10-14(15)18-13)17-8-6-4-2/h12-13H,3-11H2,1-2H3/t12-,13-/m0/s1. The number of hydrogen-bond acceptors (Lipinski definition) is 4. The number of unbranched alkanes of at least 4 members (excludes halogenated alkanes) is 2. The highest BCUT2D eigenvalue weighted by Crippen LogP contribution is 2.18. The fourth-order valence-corrected chi connectivity index (χ4v) is 1.93. The van der Waals surface area contributed by atoms with Gasteiger partial charge in [0.2, 0.25) is 0 Å². The lowest BCUT2D eigenvalue weighted by molar-refractivity contribution is -0.167. The van der Waals surface area contributed by atoms with Crippen LogP contribution in [0.4, 0.5) is 0 Å². The average Bonchev–Trinajstić information content (AvgIpc) is 2.34. The molecule has 0 spiro atoms. The van der Waals surface area contributed by atoms with Crippen LogP contribution in [0.5, 0.6) is 0 Å². The van der Waals surface area contributed by atoms with Gasteiger partial charge in [-0.05, 0) is 12.8 Å². The molecule has 1 aliphatic heterocycles. The lowest BCUT2D eigenvalue weighted by Gasteiger charge is -2.28. The van der Waals surface area contributed by atoms with E-state index in [2.05, 4.69) is 13.8 Å². The highest BCUT2D eigenvalue weighted by molar-refractivity contribution is 5.71. The lowest BCUT2D eigenvalue weighted by Crippen LogP contribution is -2.37. The van der Waals surface area contributed by atoms with Crippen molar-refractivity contribution in [1.82, 2.24) is 0 Å². The Morgan fingerprint density at radius 3 is 2.67 bits per heavy atom. The molecule has 18 heavy (non-hydrogen) atoms. The number of hydrogen-bond donors (Lipinski definition) is 0. The van der Waals surface area contributed by atoms with Gasteiger partial charge in [0, 0.05) is 19.6 Å². The van der Waals surface area contributed by atoms with Gasteiger partial charge in [-0.2, -0.15) is 0 Å². The number of rotatable bonds is 9. The Morgan fingerprint density at radius 2 is 1.94 bits per heavy atom. The molecule has 1 saturated heterocycles. The molecule has 0 radical (unpaired) electrons. The Hall–Kier alpha value is -0.610. The van der Waals surface area contributed by atoms with Crippen LogP contribution in [0, 0.1) is 0 Å². The summed E-state index contributed by atoms with van der Waals surface area (Å²) in [5, 5.41) is 0. The van der Waals surface area contributed by atoms with Gasteiger partial charge >= 0.3 is 5.97 Å². The third-order valence-corrected chi connectivity index (χ3v) is 3.02. The van der Waals surface area contributed by atoms with Crippen LogP contribution in [0.15, 0.2) is 0 Å². The molecule has 0 bridgehead atoms. The van der Waals surface area contributed by atoms with E-state index in [1.165, 1.54) is 0 Å². The Labute approximate surface area is 110 Å². The first kappa shape index (κ1) is 15.4. The molecule has 1 fully saturated rings. The van der Waals surface area contributed by atoms with Crippen molar-refractivity contribution in [2.45, 2.75) is 64.6 Å². The molecule has 106 valence electrons. The summed E-state index contributed by atoms with van der Waals surface area (Å²) in [6.07, 6.45) is 5.36. The third-order valence-electron chi connectivity index (χ3n) is 3.02.